The van der Waals surface area contributed by atoms with Crippen molar-refractivity contribution in [2.75, 3.05) is 7.11 Å². The molecule has 0 aromatic heterocycles. The largest absolute Gasteiger partial charge is 0.470 e. The van der Waals surface area contributed by atoms with E-state index in [9.17, 15) is 25.0 Å². The van der Waals surface area contributed by atoms with E-state index in [0.29, 0.717) is 12.2 Å². The van der Waals surface area contributed by atoms with Crippen molar-refractivity contribution in [3.8, 4) is 0 Å². The maximum atomic E-state index is 10.4. The van der Waals surface area contributed by atoms with Gasteiger partial charge in [-0.25, -0.2) is 4.79 Å². The van der Waals surface area contributed by atoms with Crippen LogP contribution in [0.4, 0.5) is 0 Å². The van der Waals surface area contributed by atoms with E-state index >= 15 is 0 Å². The molecule has 0 aliphatic rings. The van der Waals surface area contributed by atoms with E-state index in [4.69, 9.17) is 0 Å². The fourth-order valence-electron chi connectivity index (χ4n) is 0.450. The van der Waals surface area contributed by atoms with Crippen LogP contribution in [-0.4, -0.2) is 29.1 Å². The maximum Gasteiger partial charge on any atom is 0.470 e. The average molecular weight is 190 g/mol. The SMILES string of the molecule is COC(=O)C=CC([N+](=O)[O-])[N+](=O)[O-]. The molecule has 0 heterocycles. The Bertz CT molecular complexity index is 246. The Labute approximate surface area is 72.1 Å². The van der Waals surface area contributed by atoms with Crippen LogP contribution >= 0.6 is 0 Å². The van der Waals surface area contributed by atoms with Gasteiger partial charge in [-0.2, -0.15) is 0 Å². The van der Waals surface area contributed by atoms with Gasteiger partial charge in [0, 0.05) is 6.08 Å². The summed E-state index contributed by atoms with van der Waals surface area (Å²) >= 11 is 0. The average Bonchev–Trinajstić information content (AvgIpc) is 2.03. The molecule has 72 valence electrons. The number of carbonyl (C=O) groups excluding carboxylic acids is 1. The fourth-order valence-corrected chi connectivity index (χ4v) is 0.450. The van der Waals surface area contributed by atoms with Crippen molar-refractivity contribution in [3.05, 3.63) is 32.4 Å². The second-order valence-electron chi connectivity index (χ2n) is 1.87. The second kappa shape index (κ2) is 4.80. The van der Waals surface area contributed by atoms with Crippen LogP contribution in [0, 0.1) is 20.2 Å². The Morgan fingerprint density at radius 1 is 1.38 bits per heavy atom. The Balaban J connectivity index is 4.43. The smallest absolute Gasteiger partial charge is 0.466 e. The van der Waals surface area contributed by atoms with Crippen molar-refractivity contribution in [3.63, 3.8) is 0 Å². The second-order valence-corrected chi connectivity index (χ2v) is 1.87. The molecule has 0 spiro atoms. The van der Waals surface area contributed by atoms with Crippen LogP contribution in [0.25, 0.3) is 0 Å². The Morgan fingerprint density at radius 3 is 2.15 bits per heavy atom. The lowest BCUT2D eigenvalue weighted by Crippen LogP contribution is -2.26. The van der Waals surface area contributed by atoms with Gasteiger partial charge in [0.2, 0.25) is 0 Å². The summed E-state index contributed by atoms with van der Waals surface area (Å²) in [6.07, 6.45) is -0.929. The topological polar surface area (TPSA) is 113 Å². The molecule has 0 bridgehead atoms. The minimum absolute atomic E-state index is 0.547. The number of nitrogens with zero attached hydrogens (tertiary/aromatic N) is 2. The molecule has 0 saturated carbocycles. The number of hydrogen-bond donors (Lipinski definition) is 0. The molecule has 0 rings (SSSR count). The van der Waals surface area contributed by atoms with Crippen molar-refractivity contribution in [2.24, 2.45) is 0 Å². The van der Waals surface area contributed by atoms with Gasteiger partial charge in [-0.15, -0.1) is 0 Å². The van der Waals surface area contributed by atoms with Crippen LogP contribution in [-0.2, 0) is 9.53 Å². The van der Waals surface area contributed by atoms with E-state index < -0.39 is 22.0 Å². The first-order valence-electron chi connectivity index (χ1n) is 3.02. The Morgan fingerprint density at radius 2 is 1.85 bits per heavy atom. The molecule has 0 aromatic carbocycles. The lowest BCUT2D eigenvalue weighted by molar-refractivity contribution is -0.727. The van der Waals surface area contributed by atoms with Gasteiger partial charge in [-0.05, 0) is 0 Å². The number of ether oxygens (including phenoxy) is 1. The summed E-state index contributed by atoms with van der Waals surface area (Å²) in [5, 5.41) is 20.0. The van der Waals surface area contributed by atoms with Crippen molar-refractivity contribution in [1.82, 2.24) is 0 Å². The summed E-state index contributed by atoms with van der Waals surface area (Å²) in [5.41, 5.74) is 0. The van der Waals surface area contributed by atoms with Crippen LogP contribution in [0.15, 0.2) is 12.2 Å². The minimum Gasteiger partial charge on any atom is -0.466 e. The van der Waals surface area contributed by atoms with Crippen molar-refractivity contribution in [1.29, 1.82) is 0 Å². The van der Waals surface area contributed by atoms with Gasteiger partial charge in [0.1, 0.15) is 9.85 Å². The van der Waals surface area contributed by atoms with Crippen LogP contribution in [0.2, 0.25) is 0 Å². The van der Waals surface area contributed by atoms with E-state index in [1.54, 1.807) is 0 Å². The fraction of sp³-hybridized carbons (Fsp3) is 0.400. The molecule has 0 N–H and O–H groups in total. The van der Waals surface area contributed by atoms with Crippen molar-refractivity contribution < 1.29 is 19.4 Å². The van der Waals surface area contributed by atoms with E-state index in [0.717, 1.165) is 7.11 Å². The molecule has 0 aliphatic carbocycles. The number of hydrogen-bond acceptors (Lipinski definition) is 6. The molecule has 8 nitrogen and oxygen atoms in total. The molecule has 0 unspecified atom stereocenters. The maximum absolute atomic E-state index is 10.4. The summed E-state index contributed by atoms with van der Waals surface area (Å²) in [6.45, 7) is 0. The van der Waals surface area contributed by atoms with Crippen LogP contribution in [0.3, 0.4) is 0 Å². The summed E-state index contributed by atoms with van der Waals surface area (Å²) in [7, 11) is 1.06. The number of methoxy groups -OCH3 is 1. The van der Waals surface area contributed by atoms with Gasteiger partial charge in [0.25, 0.3) is 0 Å². The van der Waals surface area contributed by atoms with E-state index in [1.165, 1.54) is 0 Å². The predicted molar refractivity (Wildman–Crippen MR) is 38.9 cm³/mol. The molecule has 13 heavy (non-hydrogen) atoms. The highest BCUT2D eigenvalue weighted by atomic mass is 16.7. The Hall–Kier alpha value is -1.99. The van der Waals surface area contributed by atoms with Crippen molar-refractivity contribution in [2.45, 2.75) is 6.17 Å². The first-order valence-corrected chi connectivity index (χ1v) is 3.02. The molecular formula is C5H6N2O6. The highest BCUT2D eigenvalue weighted by molar-refractivity contribution is 5.81. The van der Waals surface area contributed by atoms with Crippen LogP contribution < -0.4 is 0 Å². The number of nitro groups is 2. The molecule has 0 radical (unpaired) electrons. The van der Waals surface area contributed by atoms with Gasteiger partial charge in [-0.1, -0.05) is 0 Å². The lowest BCUT2D eigenvalue weighted by Gasteiger charge is -1.94. The minimum atomic E-state index is -2.11. The summed E-state index contributed by atoms with van der Waals surface area (Å²) < 4.78 is 4.09. The number of carbonyl (C=O) groups is 1. The lowest BCUT2D eigenvalue weighted by atomic mass is 10.4. The molecular weight excluding hydrogens is 184 g/mol. The zero-order chi connectivity index (χ0) is 10.4. The quantitative estimate of drug-likeness (QED) is 0.196. The molecule has 0 amide bonds. The van der Waals surface area contributed by atoms with Gasteiger partial charge in [-0.3, -0.25) is 20.2 Å². The summed E-state index contributed by atoms with van der Waals surface area (Å²) in [4.78, 5) is 28.2. The first kappa shape index (κ1) is 11.0. The highest BCUT2D eigenvalue weighted by Gasteiger charge is 2.28. The number of rotatable bonds is 4. The van der Waals surface area contributed by atoms with Gasteiger partial charge < -0.3 is 4.74 Å². The van der Waals surface area contributed by atoms with E-state index in [2.05, 4.69) is 4.74 Å². The first-order chi connectivity index (χ1) is 5.99. The molecule has 0 fully saturated rings. The van der Waals surface area contributed by atoms with Crippen LogP contribution in [0.5, 0.6) is 0 Å². The van der Waals surface area contributed by atoms with E-state index in [1.807, 2.05) is 0 Å². The monoisotopic (exact) mass is 190 g/mol. The normalized spacial score (nSPS) is 10.3. The molecule has 0 aromatic rings. The molecule has 0 saturated heterocycles. The van der Waals surface area contributed by atoms with Crippen LogP contribution in [0.1, 0.15) is 0 Å². The summed E-state index contributed by atoms with van der Waals surface area (Å²) in [5.74, 6) is -0.881. The summed E-state index contributed by atoms with van der Waals surface area (Å²) in [6, 6.07) is 0. The molecule has 0 aliphatic heterocycles. The third-order valence-electron chi connectivity index (χ3n) is 1.04. The molecule has 0 atom stereocenters. The predicted octanol–water partition coefficient (Wildman–Crippen LogP) is -0.405. The zero-order valence-corrected chi connectivity index (χ0v) is 6.58. The number of esters is 1. The molecule has 8 heteroatoms. The van der Waals surface area contributed by atoms with Gasteiger partial charge in [0.15, 0.2) is 0 Å². The zero-order valence-electron chi connectivity index (χ0n) is 6.58. The third-order valence-corrected chi connectivity index (χ3v) is 1.04. The standard InChI is InChI=1S/C5H6N2O6/c1-13-5(8)3-2-4(6(9)10)7(11)12/h2-4H,1H3. The van der Waals surface area contributed by atoms with E-state index in [-0.39, 0.29) is 0 Å². The van der Waals surface area contributed by atoms with Crippen molar-refractivity contribution >= 4 is 5.97 Å². The van der Waals surface area contributed by atoms with Gasteiger partial charge in [0.05, 0.1) is 13.2 Å². The van der Waals surface area contributed by atoms with Gasteiger partial charge >= 0.3 is 12.1 Å². The third kappa shape index (κ3) is 3.79. The Kier molecular flexibility index (Phi) is 4.07. The highest BCUT2D eigenvalue weighted by Crippen LogP contribution is 1.94.